The highest BCUT2D eigenvalue weighted by Gasteiger charge is 2.23. The molecule has 1 heterocycles. The van der Waals surface area contributed by atoms with E-state index in [9.17, 15) is 13.5 Å². The van der Waals surface area contributed by atoms with Crippen LogP contribution < -0.4 is 0 Å². The molecule has 6 nitrogen and oxygen atoms in total. The molecule has 0 spiro atoms. The van der Waals surface area contributed by atoms with Crippen LogP contribution >= 0.6 is 0 Å². The molecule has 2 aromatic rings. The van der Waals surface area contributed by atoms with E-state index in [1.165, 1.54) is 36.0 Å². The fourth-order valence-electron chi connectivity index (χ4n) is 1.75. The zero-order valence-electron chi connectivity index (χ0n) is 11.4. The van der Waals surface area contributed by atoms with Gasteiger partial charge in [-0.15, -0.1) is 0 Å². The SMILES string of the molecule is CCn1cnc(S(=O)(=O)N(C)Cc2ccc(O)cc2)c1. The quantitative estimate of drug-likeness (QED) is 0.905. The van der Waals surface area contributed by atoms with Gasteiger partial charge in [0.05, 0.1) is 6.33 Å². The Bertz CT molecular complexity index is 677. The second-order valence-electron chi connectivity index (χ2n) is 4.47. The predicted octanol–water partition coefficient (Wildman–Crippen LogP) is 1.43. The molecular formula is C13H17N3O3S. The molecule has 20 heavy (non-hydrogen) atoms. The van der Waals surface area contributed by atoms with Crippen molar-refractivity contribution in [2.45, 2.75) is 25.0 Å². The highest BCUT2D eigenvalue weighted by Crippen LogP contribution is 2.16. The third-order valence-corrected chi connectivity index (χ3v) is 4.68. The minimum atomic E-state index is -3.60. The summed E-state index contributed by atoms with van der Waals surface area (Å²) in [6.45, 7) is 2.81. The van der Waals surface area contributed by atoms with Gasteiger partial charge in [0.25, 0.3) is 10.0 Å². The van der Waals surface area contributed by atoms with E-state index in [0.717, 1.165) is 5.56 Å². The number of rotatable bonds is 5. The average Bonchev–Trinajstić information content (AvgIpc) is 2.90. The Morgan fingerprint density at radius 1 is 1.30 bits per heavy atom. The van der Waals surface area contributed by atoms with Crippen molar-refractivity contribution in [3.63, 3.8) is 0 Å². The zero-order chi connectivity index (χ0) is 14.8. The van der Waals surface area contributed by atoms with Crippen molar-refractivity contribution in [1.82, 2.24) is 13.9 Å². The van der Waals surface area contributed by atoms with Crippen molar-refractivity contribution >= 4 is 10.0 Å². The Balaban J connectivity index is 2.18. The van der Waals surface area contributed by atoms with Crippen LogP contribution in [-0.2, 0) is 23.1 Å². The van der Waals surface area contributed by atoms with Gasteiger partial charge in [0.15, 0.2) is 5.03 Å². The molecule has 0 bridgehead atoms. The van der Waals surface area contributed by atoms with E-state index in [-0.39, 0.29) is 17.3 Å². The Labute approximate surface area is 118 Å². The highest BCUT2D eigenvalue weighted by molar-refractivity contribution is 7.89. The lowest BCUT2D eigenvalue weighted by Crippen LogP contribution is -2.26. The summed E-state index contributed by atoms with van der Waals surface area (Å²) >= 11 is 0. The lowest BCUT2D eigenvalue weighted by atomic mass is 10.2. The van der Waals surface area contributed by atoms with Crippen LogP contribution in [0, 0.1) is 0 Å². The van der Waals surface area contributed by atoms with Gasteiger partial charge in [-0.05, 0) is 24.6 Å². The molecule has 0 atom stereocenters. The topological polar surface area (TPSA) is 75.4 Å². The van der Waals surface area contributed by atoms with Gasteiger partial charge in [-0.1, -0.05) is 12.1 Å². The van der Waals surface area contributed by atoms with E-state index >= 15 is 0 Å². The van der Waals surface area contributed by atoms with Crippen LogP contribution in [0.25, 0.3) is 0 Å². The third kappa shape index (κ3) is 3.00. The molecule has 1 aromatic heterocycles. The summed E-state index contributed by atoms with van der Waals surface area (Å²) in [5.74, 6) is 0.154. The van der Waals surface area contributed by atoms with Gasteiger partial charge in [-0.2, -0.15) is 4.31 Å². The van der Waals surface area contributed by atoms with E-state index in [0.29, 0.717) is 6.54 Å². The molecule has 7 heteroatoms. The maximum absolute atomic E-state index is 12.3. The maximum atomic E-state index is 12.3. The molecule has 1 aromatic carbocycles. The summed E-state index contributed by atoms with van der Waals surface area (Å²) in [4.78, 5) is 3.93. The minimum absolute atomic E-state index is 0.0422. The van der Waals surface area contributed by atoms with E-state index in [1.54, 1.807) is 16.7 Å². The average molecular weight is 295 g/mol. The molecule has 0 fully saturated rings. The number of hydrogen-bond acceptors (Lipinski definition) is 4. The zero-order valence-corrected chi connectivity index (χ0v) is 12.2. The Morgan fingerprint density at radius 2 is 1.95 bits per heavy atom. The number of aromatic nitrogens is 2. The molecule has 108 valence electrons. The number of imidazole rings is 1. The molecule has 0 saturated carbocycles. The molecule has 0 aliphatic heterocycles. The maximum Gasteiger partial charge on any atom is 0.262 e. The van der Waals surface area contributed by atoms with Crippen molar-refractivity contribution in [3.05, 3.63) is 42.4 Å². The van der Waals surface area contributed by atoms with Crippen LogP contribution in [0.4, 0.5) is 0 Å². The van der Waals surface area contributed by atoms with Crippen LogP contribution in [0.1, 0.15) is 12.5 Å². The first-order valence-electron chi connectivity index (χ1n) is 6.19. The van der Waals surface area contributed by atoms with Crippen molar-refractivity contribution in [1.29, 1.82) is 0 Å². The third-order valence-electron chi connectivity index (χ3n) is 2.99. The number of nitrogens with zero attached hydrogens (tertiary/aromatic N) is 3. The van der Waals surface area contributed by atoms with Crippen LogP contribution in [0.5, 0.6) is 5.75 Å². The second kappa shape index (κ2) is 5.64. The number of sulfonamides is 1. The molecular weight excluding hydrogens is 278 g/mol. The molecule has 2 rings (SSSR count). The van der Waals surface area contributed by atoms with Crippen molar-refractivity contribution in [2.24, 2.45) is 0 Å². The van der Waals surface area contributed by atoms with Crippen molar-refractivity contribution in [3.8, 4) is 5.75 Å². The van der Waals surface area contributed by atoms with Crippen LogP contribution in [0.15, 0.2) is 41.8 Å². The largest absolute Gasteiger partial charge is 0.508 e. The molecule has 0 unspecified atom stereocenters. The molecule has 0 radical (unpaired) electrons. The van der Waals surface area contributed by atoms with Crippen LogP contribution in [0.2, 0.25) is 0 Å². The number of benzene rings is 1. The Hall–Kier alpha value is -1.86. The Kier molecular flexibility index (Phi) is 4.10. The number of phenolic OH excluding ortho intramolecular Hbond substituents is 1. The smallest absolute Gasteiger partial charge is 0.262 e. The standard InChI is InChI=1S/C13H17N3O3S/c1-3-16-9-13(14-10-16)20(18,19)15(2)8-11-4-6-12(17)7-5-11/h4-7,9-10,17H,3,8H2,1-2H3. The molecule has 0 aliphatic carbocycles. The van der Waals surface area contributed by atoms with E-state index in [1.807, 2.05) is 6.92 Å². The predicted molar refractivity (Wildman–Crippen MR) is 74.7 cm³/mol. The summed E-state index contributed by atoms with van der Waals surface area (Å²) in [6.07, 6.45) is 3.02. The van der Waals surface area contributed by atoms with Gasteiger partial charge in [-0.25, -0.2) is 13.4 Å². The molecule has 0 saturated heterocycles. The van der Waals surface area contributed by atoms with Gasteiger partial charge in [0, 0.05) is 26.3 Å². The number of hydrogen-bond donors (Lipinski definition) is 1. The fourth-order valence-corrected chi connectivity index (χ4v) is 2.84. The molecule has 0 amide bonds. The van der Waals surface area contributed by atoms with Gasteiger partial charge in [-0.3, -0.25) is 0 Å². The molecule has 0 aliphatic rings. The number of aryl methyl sites for hydroxylation is 1. The van der Waals surface area contributed by atoms with Gasteiger partial charge >= 0.3 is 0 Å². The first kappa shape index (κ1) is 14.5. The van der Waals surface area contributed by atoms with E-state index in [2.05, 4.69) is 4.98 Å². The van der Waals surface area contributed by atoms with E-state index in [4.69, 9.17) is 0 Å². The normalized spacial score (nSPS) is 11.9. The Morgan fingerprint density at radius 3 is 2.50 bits per heavy atom. The fraction of sp³-hybridized carbons (Fsp3) is 0.308. The van der Waals surface area contributed by atoms with E-state index < -0.39 is 10.0 Å². The van der Waals surface area contributed by atoms with Crippen LogP contribution in [-0.4, -0.2) is 34.4 Å². The minimum Gasteiger partial charge on any atom is -0.508 e. The lowest BCUT2D eigenvalue weighted by molar-refractivity contribution is 0.461. The number of phenols is 1. The van der Waals surface area contributed by atoms with Gasteiger partial charge < -0.3 is 9.67 Å². The van der Waals surface area contributed by atoms with Gasteiger partial charge in [0.2, 0.25) is 0 Å². The lowest BCUT2D eigenvalue weighted by Gasteiger charge is -2.15. The number of aromatic hydroxyl groups is 1. The van der Waals surface area contributed by atoms with Crippen molar-refractivity contribution < 1.29 is 13.5 Å². The second-order valence-corrected chi connectivity index (χ2v) is 6.46. The first-order valence-corrected chi connectivity index (χ1v) is 7.63. The summed E-state index contributed by atoms with van der Waals surface area (Å²) in [6, 6.07) is 6.43. The summed E-state index contributed by atoms with van der Waals surface area (Å²) < 4.78 is 27.6. The molecule has 1 N–H and O–H groups in total. The van der Waals surface area contributed by atoms with Crippen LogP contribution in [0.3, 0.4) is 0 Å². The van der Waals surface area contributed by atoms with Crippen molar-refractivity contribution in [2.75, 3.05) is 7.05 Å². The summed E-state index contributed by atoms with van der Waals surface area (Å²) in [5, 5.41) is 9.26. The summed E-state index contributed by atoms with van der Waals surface area (Å²) in [7, 11) is -2.09. The summed E-state index contributed by atoms with van der Waals surface area (Å²) in [5.41, 5.74) is 0.795. The monoisotopic (exact) mass is 295 g/mol. The van der Waals surface area contributed by atoms with Gasteiger partial charge in [0.1, 0.15) is 5.75 Å². The first-order chi connectivity index (χ1) is 9.43. The highest BCUT2D eigenvalue weighted by atomic mass is 32.2.